The monoisotopic (exact) mass is 487 g/mol. The molecule has 0 aliphatic carbocycles. The van der Waals surface area contributed by atoms with Crippen molar-refractivity contribution in [3.05, 3.63) is 35.4 Å². The number of aliphatic hydroxyl groups is 1. The van der Waals surface area contributed by atoms with Crippen LogP contribution in [0.15, 0.2) is 24.3 Å². The predicted molar refractivity (Wildman–Crippen MR) is 127 cm³/mol. The van der Waals surface area contributed by atoms with Crippen LogP contribution in [0.25, 0.3) is 0 Å². The smallest absolute Gasteiger partial charge is 0.242 e. The Morgan fingerprint density at radius 1 is 1.22 bits per heavy atom. The van der Waals surface area contributed by atoms with Crippen LogP contribution in [0.4, 0.5) is 0 Å². The molecule has 1 rings (SSSR count). The van der Waals surface area contributed by atoms with Crippen LogP contribution in [0, 0.1) is 5.41 Å². The number of carbonyl (C=O) groups excluding carboxylic acids is 2. The zero-order valence-corrected chi connectivity index (χ0v) is 20.2. The van der Waals surface area contributed by atoms with Gasteiger partial charge in [0, 0.05) is 12.1 Å². The molecule has 0 aliphatic rings. The Balaban J connectivity index is 2.85. The minimum atomic E-state index is -3.75. The SMILES string of the molecule is CCCS(=O)(=O)N[C@@H](C(=O)N[C@@H](CCSC)C(=O)NCc1ccc(C(=N)N)cc1)[C@@H](C)O. The normalized spacial score (nSPS) is 14.2. The molecule has 32 heavy (non-hydrogen) atoms. The van der Waals surface area contributed by atoms with E-state index in [-0.39, 0.29) is 18.1 Å². The maximum Gasteiger partial charge on any atom is 0.242 e. The van der Waals surface area contributed by atoms with Crippen LogP contribution < -0.4 is 21.1 Å². The lowest BCUT2D eigenvalue weighted by atomic mass is 10.1. The molecule has 0 spiro atoms. The molecule has 12 heteroatoms. The molecular weight excluding hydrogens is 454 g/mol. The molecule has 0 aromatic heterocycles. The molecule has 1 aromatic rings. The first-order valence-corrected chi connectivity index (χ1v) is 13.2. The number of rotatable bonds is 14. The Morgan fingerprint density at radius 3 is 2.34 bits per heavy atom. The highest BCUT2D eigenvalue weighted by molar-refractivity contribution is 7.98. The lowest BCUT2D eigenvalue weighted by molar-refractivity contribution is -0.131. The van der Waals surface area contributed by atoms with Crippen molar-refractivity contribution in [1.29, 1.82) is 5.41 Å². The Bertz CT molecular complexity index is 875. The third kappa shape index (κ3) is 9.55. The minimum absolute atomic E-state index is 0.0531. The minimum Gasteiger partial charge on any atom is -0.391 e. The maximum atomic E-state index is 12.7. The number of carbonyl (C=O) groups is 2. The Labute approximate surface area is 193 Å². The second kappa shape index (κ2) is 13.4. The average Bonchev–Trinajstić information content (AvgIpc) is 2.73. The van der Waals surface area contributed by atoms with E-state index in [0.717, 1.165) is 5.56 Å². The lowest BCUT2D eigenvalue weighted by Gasteiger charge is -2.24. The van der Waals surface area contributed by atoms with Gasteiger partial charge in [-0.1, -0.05) is 31.2 Å². The van der Waals surface area contributed by atoms with Gasteiger partial charge in [0.1, 0.15) is 17.9 Å². The molecule has 0 fully saturated rings. The highest BCUT2D eigenvalue weighted by atomic mass is 32.2. The number of nitrogens with one attached hydrogen (secondary N) is 4. The van der Waals surface area contributed by atoms with E-state index in [9.17, 15) is 23.1 Å². The molecule has 180 valence electrons. The van der Waals surface area contributed by atoms with Crippen LogP contribution in [-0.2, 0) is 26.2 Å². The van der Waals surface area contributed by atoms with Gasteiger partial charge in [-0.25, -0.2) is 13.1 Å². The third-order valence-corrected chi connectivity index (χ3v) is 6.72. The number of amides is 2. The van der Waals surface area contributed by atoms with Gasteiger partial charge < -0.3 is 21.5 Å². The number of benzene rings is 1. The second-order valence-corrected chi connectivity index (χ2v) is 10.2. The second-order valence-electron chi connectivity index (χ2n) is 7.33. The fourth-order valence-electron chi connectivity index (χ4n) is 2.77. The molecule has 10 nitrogen and oxygen atoms in total. The van der Waals surface area contributed by atoms with Gasteiger partial charge >= 0.3 is 0 Å². The maximum absolute atomic E-state index is 12.7. The van der Waals surface area contributed by atoms with E-state index in [4.69, 9.17) is 11.1 Å². The van der Waals surface area contributed by atoms with E-state index in [1.165, 1.54) is 18.7 Å². The highest BCUT2D eigenvalue weighted by Gasteiger charge is 2.31. The summed E-state index contributed by atoms with van der Waals surface area (Å²) in [5.41, 5.74) is 6.78. The van der Waals surface area contributed by atoms with Gasteiger partial charge in [0.25, 0.3) is 0 Å². The molecule has 3 atom stereocenters. The van der Waals surface area contributed by atoms with Crippen molar-refractivity contribution in [2.45, 2.75) is 51.4 Å². The first kappa shape index (κ1) is 27.9. The number of hydrogen-bond donors (Lipinski definition) is 6. The summed E-state index contributed by atoms with van der Waals surface area (Å²) in [4.78, 5) is 25.4. The zero-order valence-electron chi connectivity index (χ0n) is 18.6. The quantitative estimate of drug-likeness (QED) is 0.157. The summed E-state index contributed by atoms with van der Waals surface area (Å²) in [6.45, 7) is 3.19. The van der Waals surface area contributed by atoms with Crippen molar-refractivity contribution < 1.29 is 23.1 Å². The van der Waals surface area contributed by atoms with E-state index >= 15 is 0 Å². The van der Waals surface area contributed by atoms with Gasteiger partial charge in [-0.15, -0.1) is 0 Å². The molecule has 0 aliphatic heterocycles. The van der Waals surface area contributed by atoms with Crippen LogP contribution in [0.2, 0.25) is 0 Å². The Kier molecular flexibility index (Phi) is 11.7. The van der Waals surface area contributed by atoms with Crippen molar-refractivity contribution in [1.82, 2.24) is 15.4 Å². The Morgan fingerprint density at radius 2 is 1.84 bits per heavy atom. The third-order valence-electron chi connectivity index (χ3n) is 4.52. The fourth-order valence-corrected chi connectivity index (χ4v) is 4.59. The van der Waals surface area contributed by atoms with Crippen molar-refractivity contribution >= 4 is 39.4 Å². The number of thioether (sulfide) groups is 1. The van der Waals surface area contributed by atoms with Crippen LogP contribution in [0.3, 0.4) is 0 Å². The van der Waals surface area contributed by atoms with Crippen LogP contribution in [0.5, 0.6) is 0 Å². The van der Waals surface area contributed by atoms with E-state index in [0.29, 0.717) is 24.2 Å². The first-order chi connectivity index (χ1) is 15.0. The van der Waals surface area contributed by atoms with Crippen molar-refractivity contribution in [2.75, 3.05) is 17.8 Å². The molecule has 7 N–H and O–H groups in total. The number of amidine groups is 1. The summed E-state index contributed by atoms with van der Waals surface area (Å²) in [7, 11) is -3.75. The van der Waals surface area contributed by atoms with Gasteiger partial charge in [0.05, 0.1) is 11.9 Å². The van der Waals surface area contributed by atoms with Gasteiger partial charge in [-0.3, -0.25) is 15.0 Å². The number of aliphatic hydroxyl groups excluding tert-OH is 1. The molecular formula is C20H33N5O5S2. The summed E-state index contributed by atoms with van der Waals surface area (Å²) in [6.07, 6.45) is 1.27. The summed E-state index contributed by atoms with van der Waals surface area (Å²) in [5.74, 6) is -0.840. The van der Waals surface area contributed by atoms with Gasteiger partial charge in [0.2, 0.25) is 21.8 Å². The average molecular weight is 488 g/mol. The fraction of sp³-hybridized carbons (Fsp3) is 0.550. The molecule has 0 unspecified atom stereocenters. The van der Waals surface area contributed by atoms with E-state index in [2.05, 4.69) is 15.4 Å². The molecule has 2 amide bonds. The lowest BCUT2D eigenvalue weighted by Crippen LogP contribution is -2.57. The largest absolute Gasteiger partial charge is 0.391 e. The topological polar surface area (TPSA) is 174 Å². The van der Waals surface area contributed by atoms with E-state index < -0.39 is 40.0 Å². The summed E-state index contributed by atoms with van der Waals surface area (Å²) < 4.78 is 26.3. The highest BCUT2D eigenvalue weighted by Crippen LogP contribution is 2.07. The molecule has 0 radical (unpaired) electrons. The van der Waals surface area contributed by atoms with Crippen molar-refractivity contribution in [2.24, 2.45) is 5.73 Å². The summed E-state index contributed by atoms with van der Waals surface area (Å²) in [5, 5.41) is 22.7. The van der Waals surface area contributed by atoms with Crippen LogP contribution in [-0.4, -0.2) is 67.1 Å². The number of nitrogen functional groups attached to an aromatic ring is 1. The number of nitrogens with two attached hydrogens (primary N) is 1. The number of hydrogen-bond acceptors (Lipinski definition) is 7. The predicted octanol–water partition coefficient (Wildman–Crippen LogP) is -0.0964. The molecule has 1 aromatic carbocycles. The van der Waals surface area contributed by atoms with Crippen molar-refractivity contribution in [3.63, 3.8) is 0 Å². The molecule has 0 saturated carbocycles. The summed E-state index contributed by atoms with van der Waals surface area (Å²) in [6, 6.07) is 4.51. The number of sulfonamides is 1. The molecule has 0 heterocycles. The molecule has 0 saturated heterocycles. The van der Waals surface area contributed by atoms with E-state index in [1.807, 2.05) is 6.26 Å². The van der Waals surface area contributed by atoms with Crippen LogP contribution >= 0.6 is 11.8 Å². The summed E-state index contributed by atoms with van der Waals surface area (Å²) >= 11 is 1.50. The molecule has 0 bridgehead atoms. The van der Waals surface area contributed by atoms with E-state index in [1.54, 1.807) is 31.2 Å². The van der Waals surface area contributed by atoms with Gasteiger partial charge in [0.15, 0.2) is 0 Å². The Hall–Kier alpha value is -2.15. The van der Waals surface area contributed by atoms with Crippen molar-refractivity contribution in [3.8, 4) is 0 Å². The van der Waals surface area contributed by atoms with Crippen LogP contribution in [0.1, 0.15) is 37.8 Å². The standard InChI is InChI=1S/C20H33N5O5S2/c1-4-11-32(29,30)25-17(13(2)26)20(28)24-16(9-10-31-3)19(27)23-12-14-5-7-15(8-6-14)18(21)22/h5-8,13,16-17,25-26H,4,9-12H2,1-3H3,(H3,21,22)(H,23,27)(H,24,28)/t13-,16+,17-/m1/s1. The van der Waals surface area contributed by atoms with Gasteiger partial charge in [-0.05, 0) is 37.3 Å². The zero-order chi connectivity index (χ0) is 24.3. The first-order valence-electron chi connectivity index (χ1n) is 10.2. The van der Waals surface area contributed by atoms with Gasteiger partial charge in [-0.2, -0.15) is 11.8 Å².